The lowest BCUT2D eigenvalue weighted by molar-refractivity contribution is -0.118. The summed E-state index contributed by atoms with van der Waals surface area (Å²) in [5.74, 6) is -0.737. The van der Waals surface area contributed by atoms with Gasteiger partial charge in [-0.15, -0.1) is 12.4 Å². The van der Waals surface area contributed by atoms with E-state index in [0.29, 0.717) is 24.1 Å². The fourth-order valence-electron chi connectivity index (χ4n) is 1.37. The second-order valence-corrected chi connectivity index (χ2v) is 4.06. The molecule has 92 valence electrons. The molecule has 5 N–H and O–H groups in total. The molecule has 2 rings (SSSR count). The number of benzene rings is 1. The fraction of sp³-hybridized carbons (Fsp3) is 0.273. The van der Waals surface area contributed by atoms with E-state index < -0.39 is 11.4 Å². The second-order valence-electron chi connectivity index (χ2n) is 4.06. The molecule has 1 aromatic carbocycles. The molecule has 0 aromatic heterocycles. The molecular formula is C11H14ClN3O2. The number of nitrogens with two attached hydrogens (primary N) is 2. The summed E-state index contributed by atoms with van der Waals surface area (Å²) < 4.78 is 0. The number of amides is 2. The first-order valence-corrected chi connectivity index (χ1v) is 5.01. The quantitative estimate of drug-likeness (QED) is 0.739. The van der Waals surface area contributed by atoms with Gasteiger partial charge in [-0.1, -0.05) is 6.07 Å². The SMILES string of the molecule is Cl.NC(=O)c1cccc(NC(=O)C2(N)CC2)c1. The lowest BCUT2D eigenvalue weighted by Gasteiger charge is -2.10. The van der Waals surface area contributed by atoms with Crippen LogP contribution >= 0.6 is 12.4 Å². The van der Waals surface area contributed by atoms with E-state index in [4.69, 9.17) is 11.5 Å². The standard InChI is InChI=1S/C11H13N3O2.ClH/c12-9(15)7-2-1-3-8(6-7)14-10(16)11(13)4-5-11;/h1-3,6H,4-5,13H2,(H2,12,15)(H,14,16);1H. The van der Waals surface area contributed by atoms with Gasteiger partial charge in [0.25, 0.3) is 0 Å². The number of carbonyl (C=O) groups is 2. The Morgan fingerprint density at radius 3 is 2.47 bits per heavy atom. The summed E-state index contributed by atoms with van der Waals surface area (Å²) in [5.41, 5.74) is 11.0. The molecule has 0 bridgehead atoms. The third-order valence-corrected chi connectivity index (χ3v) is 2.65. The summed E-state index contributed by atoms with van der Waals surface area (Å²) in [6.45, 7) is 0. The van der Waals surface area contributed by atoms with Crippen molar-refractivity contribution in [2.75, 3.05) is 5.32 Å². The number of anilines is 1. The first kappa shape index (κ1) is 13.5. The maximum atomic E-state index is 11.6. The Bertz CT molecular complexity index is 458. The number of hydrogen-bond acceptors (Lipinski definition) is 3. The predicted molar refractivity (Wildman–Crippen MR) is 67.0 cm³/mol. The van der Waals surface area contributed by atoms with Crippen molar-refractivity contribution in [2.24, 2.45) is 11.5 Å². The summed E-state index contributed by atoms with van der Waals surface area (Å²) in [5, 5.41) is 2.67. The molecule has 0 unspecified atom stereocenters. The van der Waals surface area contributed by atoms with Crippen molar-refractivity contribution in [3.05, 3.63) is 29.8 Å². The Hall–Kier alpha value is -1.59. The highest BCUT2D eigenvalue weighted by atomic mass is 35.5. The normalized spacial score (nSPS) is 15.6. The molecule has 1 aliphatic carbocycles. The van der Waals surface area contributed by atoms with Crippen LogP contribution in [0, 0.1) is 0 Å². The third-order valence-electron chi connectivity index (χ3n) is 2.65. The minimum Gasteiger partial charge on any atom is -0.366 e. The molecule has 0 spiro atoms. The van der Waals surface area contributed by atoms with Crippen molar-refractivity contribution in [1.29, 1.82) is 0 Å². The monoisotopic (exact) mass is 255 g/mol. The summed E-state index contributed by atoms with van der Waals surface area (Å²) in [7, 11) is 0. The summed E-state index contributed by atoms with van der Waals surface area (Å²) in [6, 6.07) is 6.47. The highest BCUT2D eigenvalue weighted by molar-refractivity contribution is 6.01. The first-order valence-electron chi connectivity index (χ1n) is 5.01. The van der Waals surface area contributed by atoms with Gasteiger partial charge in [-0.2, -0.15) is 0 Å². The van der Waals surface area contributed by atoms with Crippen molar-refractivity contribution < 1.29 is 9.59 Å². The second kappa shape index (κ2) is 4.73. The largest absolute Gasteiger partial charge is 0.366 e. The number of hydrogen-bond donors (Lipinski definition) is 3. The van der Waals surface area contributed by atoms with Crippen LogP contribution < -0.4 is 16.8 Å². The van der Waals surface area contributed by atoms with E-state index in [1.54, 1.807) is 18.2 Å². The van der Waals surface area contributed by atoms with Gasteiger partial charge in [-0.3, -0.25) is 9.59 Å². The van der Waals surface area contributed by atoms with Crippen LogP contribution in [0.25, 0.3) is 0 Å². The molecule has 17 heavy (non-hydrogen) atoms. The molecule has 2 amide bonds. The van der Waals surface area contributed by atoms with Gasteiger partial charge in [0, 0.05) is 11.3 Å². The first-order chi connectivity index (χ1) is 7.51. The van der Waals surface area contributed by atoms with Gasteiger partial charge in [-0.05, 0) is 31.0 Å². The minimum absolute atomic E-state index is 0. The van der Waals surface area contributed by atoms with Crippen LogP contribution in [0.1, 0.15) is 23.2 Å². The summed E-state index contributed by atoms with van der Waals surface area (Å²) in [4.78, 5) is 22.6. The predicted octanol–water partition coefficient (Wildman–Crippen LogP) is 0.637. The lowest BCUT2D eigenvalue weighted by Crippen LogP contribution is -2.37. The highest BCUT2D eigenvalue weighted by Crippen LogP contribution is 2.33. The van der Waals surface area contributed by atoms with Gasteiger partial charge in [0.1, 0.15) is 0 Å². The maximum Gasteiger partial charge on any atom is 0.248 e. The third kappa shape index (κ3) is 2.95. The van der Waals surface area contributed by atoms with E-state index in [1.807, 2.05) is 0 Å². The number of primary amides is 1. The molecule has 1 aliphatic rings. The van der Waals surface area contributed by atoms with E-state index >= 15 is 0 Å². The van der Waals surface area contributed by atoms with Crippen LogP contribution in [0.5, 0.6) is 0 Å². The Labute approximate surface area is 105 Å². The average molecular weight is 256 g/mol. The number of nitrogens with one attached hydrogen (secondary N) is 1. The number of halogens is 1. The van der Waals surface area contributed by atoms with Crippen molar-refractivity contribution in [3.63, 3.8) is 0 Å². The maximum absolute atomic E-state index is 11.6. The molecule has 5 nitrogen and oxygen atoms in total. The zero-order valence-corrected chi connectivity index (χ0v) is 9.92. The van der Waals surface area contributed by atoms with Crippen LogP contribution in [0.4, 0.5) is 5.69 Å². The van der Waals surface area contributed by atoms with Gasteiger partial charge in [-0.25, -0.2) is 0 Å². The minimum atomic E-state index is -0.720. The van der Waals surface area contributed by atoms with Crippen molar-refractivity contribution >= 4 is 29.9 Å². The smallest absolute Gasteiger partial charge is 0.248 e. The topological polar surface area (TPSA) is 98.2 Å². The van der Waals surface area contributed by atoms with E-state index in [1.165, 1.54) is 6.07 Å². The van der Waals surface area contributed by atoms with Crippen molar-refractivity contribution in [1.82, 2.24) is 0 Å². The molecular weight excluding hydrogens is 242 g/mol. The highest BCUT2D eigenvalue weighted by Gasteiger charge is 2.45. The van der Waals surface area contributed by atoms with Crippen LogP contribution in [-0.4, -0.2) is 17.4 Å². The van der Waals surface area contributed by atoms with Crippen LogP contribution in [0.15, 0.2) is 24.3 Å². The Kier molecular flexibility index (Phi) is 3.75. The van der Waals surface area contributed by atoms with Crippen LogP contribution in [-0.2, 0) is 4.79 Å². The van der Waals surface area contributed by atoms with Crippen LogP contribution in [0.3, 0.4) is 0 Å². The van der Waals surface area contributed by atoms with E-state index in [-0.39, 0.29) is 18.3 Å². The lowest BCUT2D eigenvalue weighted by atomic mass is 10.2. The van der Waals surface area contributed by atoms with Crippen molar-refractivity contribution in [3.8, 4) is 0 Å². The fourth-order valence-corrected chi connectivity index (χ4v) is 1.37. The number of carbonyl (C=O) groups excluding carboxylic acids is 2. The van der Waals surface area contributed by atoms with Gasteiger partial charge in [0.05, 0.1) is 5.54 Å². The molecule has 0 atom stereocenters. The van der Waals surface area contributed by atoms with Crippen LogP contribution in [0.2, 0.25) is 0 Å². The van der Waals surface area contributed by atoms with Gasteiger partial charge in [0.2, 0.25) is 11.8 Å². The summed E-state index contributed by atoms with van der Waals surface area (Å²) in [6.07, 6.45) is 1.41. The summed E-state index contributed by atoms with van der Waals surface area (Å²) >= 11 is 0. The Morgan fingerprint density at radius 2 is 1.94 bits per heavy atom. The Morgan fingerprint density at radius 1 is 1.29 bits per heavy atom. The van der Waals surface area contributed by atoms with Gasteiger partial charge >= 0.3 is 0 Å². The average Bonchev–Trinajstić information content (AvgIpc) is 2.98. The molecule has 6 heteroatoms. The number of rotatable bonds is 3. The zero-order valence-electron chi connectivity index (χ0n) is 9.10. The zero-order chi connectivity index (χ0) is 11.8. The molecule has 1 fully saturated rings. The molecule has 0 heterocycles. The van der Waals surface area contributed by atoms with Gasteiger partial charge < -0.3 is 16.8 Å². The molecule has 1 aromatic rings. The molecule has 0 radical (unpaired) electrons. The molecule has 1 saturated carbocycles. The Balaban J connectivity index is 0.00000144. The van der Waals surface area contributed by atoms with Gasteiger partial charge in [0.15, 0.2) is 0 Å². The van der Waals surface area contributed by atoms with Crippen molar-refractivity contribution in [2.45, 2.75) is 18.4 Å². The molecule has 0 saturated heterocycles. The van der Waals surface area contributed by atoms with E-state index in [0.717, 1.165) is 0 Å². The molecule has 0 aliphatic heterocycles. The van der Waals surface area contributed by atoms with E-state index in [9.17, 15) is 9.59 Å². The van der Waals surface area contributed by atoms with E-state index in [2.05, 4.69) is 5.32 Å².